The minimum Gasteiger partial charge on any atom is -0.0596 e. The Balaban J connectivity index is 0. The van der Waals surface area contributed by atoms with Crippen molar-refractivity contribution < 1.29 is 65.4 Å². The molecule has 4 rings (SSSR count). The van der Waals surface area contributed by atoms with E-state index in [4.69, 9.17) is 0 Å². The summed E-state index contributed by atoms with van der Waals surface area (Å²) in [6.45, 7) is 26.7. The van der Waals surface area contributed by atoms with Crippen LogP contribution in [0.15, 0.2) is 0 Å². The molecule has 4 aliphatic rings. The van der Waals surface area contributed by atoms with Gasteiger partial charge < -0.3 is 0 Å². The summed E-state index contributed by atoms with van der Waals surface area (Å²) >= 11 is 0. The summed E-state index contributed by atoms with van der Waals surface area (Å²) in [6.07, 6.45) is 34.0. The van der Waals surface area contributed by atoms with Crippen molar-refractivity contribution in [2.45, 2.75) is 83.1 Å². The average Bonchev–Trinajstić information content (AvgIpc) is 3.57. The zero-order chi connectivity index (χ0) is 27.6. The van der Waals surface area contributed by atoms with Gasteiger partial charge in [0.2, 0.25) is 0 Å². The summed E-state index contributed by atoms with van der Waals surface area (Å²) < 4.78 is 0. The standard InChI is InChI=1S/4C9H13.2Y/c4*1-9(2,3)8-6-4-5-7-8;;/h4*4-7H,1-3H3;;. The number of rotatable bonds is 0. The Morgan fingerprint density at radius 1 is 0.263 bits per heavy atom. The molecular weight excluding hydrogens is 610 g/mol. The minimum absolute atomic E-state index is 0. The minimum atomic E-state index is 0. The van der Waals surface area contributed by atoms with Crippen molar-refractivity contribution in [1.29, 1.82) is 0 Å². The summed E-state index contributed by atoms with van der Waals surface area (Å²) in [5.74, 6) is 5.68. The average molecular weight is 663 g/mol. The molecule has 0 atom stereocenters. The van der Waals surface area contributed by atoms with Crippen molar-refractivity contribution >= 4 is 0 Å². The monoisotopic (exact) mass is 662 g/mol. The van der Waals surface area contributed by atoms with Crippen LogP contribution in [0.5, 0.6) is 0 Å². The van der Waals surface area contributed by atoms with E-state index in [9.17, 15) is 0 Å². The third kappa shape index (κ3) is 18.0. The van der Waals surface area contributed by atoms with Crippen LogP contribution in [0.1, 0.15) is 83.1 Å². The van der Waals surface area contributed by atoms with Crippen molar-refractivity contribution in [1.82, 2.24) is 0 Å². The van der Waals surface area contributed by atoms with E-state index in [1.807, 2.05) is 0 Å². The van der Waals surface area contributed by atoms with E-state index in [1.54, 1.807) is 0 Å². The molecule has 0 aromatic rings. The normalized spacial score (nSPS) is 21.8. The van der Waals surface area contributed by atoms with E-state index in [0.29, 0.717) is 21.7 Å². The zero-order valence-electron chi connectivity index (χ0n) is 26.4. The van der Waals surface area contributed by atoms with Crippen LogP contribution in [0.3, 0.4) is 0 Å². The summed E-state index contributed by atoms with van der Waals surface area (Å²) in [4.78, 5) is 0. The fraction of sp³-hybridized carbons (Fsp3) is 0.444. The molecule has 202 valence electrons. The van der Waals surface area contributed by atoms with Gasteiger partial charge in [-0.25, -0.2) is 0 Å². The fourth-order valence-corrected chi connectivity index (χ4v) is 3.50. The molecule has 0 nitrogen and oxygen atoms in total. The molecule has 0 aromatic heterocycles. The summed E-state index contributed by atoms with van der Waals surface area (Å²) in [6, 6.07) is 0. The molecule has 4 saturated carbocycles. The largest absolute Gasteiger partial charge is 0.0596 e. The molecule has 4 fully saturated rings. The van der Waals surface area contributed by atoms with Crippen molar-refractivity contribution in [3.63, 3.8) is 0 Å². The number of hydrogen-bond acceptors (Lipinski definition) is 0. The van der Waals surface area contributed by atoms with Crippen LogP contribution >= 0.6 is 0 Å². The van der Waals surface area contributed by atoms with Gasteiger partial charge in [-0.2, -0.15) is 0 Å². The Hall–Kier alpha value is 2.21. The molecule has 0 amide bonds. The zero-order valence-corrected chi connectivity index (χ0v) is 32.1. The molecular formula is C36H52Y2. The van der Waals surface area contributed by atoms with Gasteiger partial charge in [0.05, 0.1) is 0 Å². The fourth-order valence-electron chi connectivity index (χ4n) is 3.50. The molecule has 0 aliphatic heterocycles. The SMILES string of the molecule is CC(C)(C)[C]1[CH][CH][CH][CH]1.CC(C)(C)[C]1[CH][CH][CH][CH]1.CC(C)(C)[C]1[CH][CH][CH][CH]1.CC(C)(C)[C]1[CH][CH][CH][CH]1.[Y].[Y]. The van der Waals surface area contributed by atoms with E-state index < -0.39 is 0 Å². The molecule has 0 saturated heterocycles. The van der Waals surface area contributed by atoms with Gasteiger partial charge in [0, 0.05) is 65.4 Å². The van der Waals surface area contributed by atoms with Gasteiger partial charge in [0.1, 0.15) is 0 Å². The second-order valence-electron chi connectivity index (χ2n) is 13.7. The Morgan fingerprint density at radius 2 is 0.368 bits per heavy atom. The number of hydrogen-bond donors (Lipinski definition) is 0. The van der Waals surface area contributed by atoms with Crippen LogP contribution in [0, 0.1) is 148 Å². The first-order valence-electron chi connectivity index (χ1n) is 13.3. The van der Waals surface area contributed by atoms with Gasteiger partial charge in [-0.3, -0.25) is 0 Å². The predicted molar refractivity (Wildman–Crippen MR) is 160 cm³/mol. The second-order valence-corrected chi connectivity index (χ2v) is 13.7. The quantitative estimate of drug-likeness (QED) is 0.242. The van der Waals surface area contributed by atoms with Crippen LogP contribution in [-0.2, 0) is 65.4 Å². The van der Waals surface area contributed by atoms with Crippen LogP contribution in [0.25, 0.3) is 0 Å². The molecule has 0 unspecified atom stereocenters. The van der Waals surface area contributed by atoms with Gasteiger partial charge in [-0.15, -0.1) is 0 Å². The van der Waals surface area contributed by atoms with Gasteiger partial charge in [-0.05, 0) is 148 Å². The molecule has 0 aromatic carbocycles. The van der Waals surface area contributed by atoms with Crippen LogP contribution < -0.4 is 0 Å². The first-order valence-corrected chi connectivity index (χ1v) is 13.3. The van der Waals surface area contributed by atoms with Crippen LogP contribution in [0.2, 0.25) is 0 Å². The maximum absolute atomic E-state index is 2.22. The van der Waals surface area contributed by atoms with Gasteiger partial charge in [0.25, 0.3) is 0 Å². The molecule has 38 heavy (non-hydrogen) atoms. The topological polar surface area (TPSA) is 0 Å². The Labute approximate surface area is 293 Å². The molecule has 4 aliphatic carbocycles. The van der Waals surface area contributed by atoms with E-state index in [1.165, 1.54) is 23.7 Å². The first-order chi connectivity index (χ1) is 16.4. The molecule has 0 heterocycles. The van der Waals surface area contributed by atoms with Crippen molar-refractivity contribution in [2.75, 3.05) is 0 Å². The molecule has 2 heteroatoms. The first kappa shape index (κ1) is 42.3. The summed E-state index contributed by atoms with van der Waals surface area (Å²) in [5, 5.41) is 0. The maximum atomic E-state index is 2.22. The van der Waals surface area contributed by atoms with Gasteiger partial charge in [-0.1, -0.05) is 83.1 Å². The Morgan fingerprint density at radius 3 is 0.421 bits per heavy atom. The smallest absolute Gasteiger partial charge is 0 e. The van der Waals surface area contributed by atoms with Crippen molar-refractivity contribution in [3.05, 3.63) is 126 Å². The maximum Gasteiger partial charge on any atom is 0 e. The molecule has 22 radical (unpaired) electrons. The molecule has 0 spiro atoms. The van der Waals surface area contributed by atoms with Gasteiger partial charge >= 0.3 is 0 Å². The Bertz CT molecular complexity index is 438. The van der Waals surface area contributed by atoms with Crippen LogP contribution in [0.4, 0.5) is 0 Å². The van der Waals surface area contributed by atoms with E-state index in [0.717, 1.165) is 0 Å². The molecule has 0 N–H and O–H groups in total. The predicted octanol–water partition coefficient (Wildman–Crippen LogP) is 9.75. The second kappa shape index (κ2) is 19.5. The van der Waals surface area contributed by atoms with E-state index in [2.05, 4.69) is 186 Å². The third-order valence-corrected chi connectivity index (χ3v) is 6.11. The van der Waals surface area contributed by atoms with Crippen LogP contribution in [-0.4, -0.2) is 0 Å². The summed E-state index contributed by atoms with van der Waals surface area (Å²) in [7, 11) is 0. The summed E-state index contributed by atoms with van der Waals surface area (Å²) in [5.41, 5.74) is 1.29. The van der Waals surface area contributed by atoms with E-state index >= 15 is 0 Å². The van der Waals surface area contributed by atoms with Gasteiger partial charge in [0.15, 0.2) is 0 Å². The Kier molecular flexibility index (Phi) is 21.7. The van der Waals surface area contributed by atoms with Crippen molar-refractivity contribution in [3.8, 4) is 0 Å². The molecule has 0 bridgehead atoms. The van der Waals surface area contributed by atoms with E-state index in [-0.39, 0.29) is 65.4 Å². The van der Waals surface area contributed by atoms with Crippen molar-refractivity contribution in [2.24, 2.45) is 21.7 Å². The third-order valence-electron chi connectivity index (χ3n) is 6.11.